The van der Waals surface area contributed by atoms with E-state index in [1.807, 2.05) is 11.9 Å². The van der Waals surface area contributed by atoms with Crippen molar-refractivity contribution in [1.82, 2.24) is 4.90 Å². The number of likely N-dealkylation sites (N-methyl/N-ethyl adjacent to an activating group) is 1. The maximum atomic E-state index is 13.5. The molecule has 0 aromatic heterocycles. The van der Waals surface area contributed by atoms with Crippen molar-refractivity contribution in [2.75, 3.05) is 25.5 Å². The van der Waals surface area contributed by atoms with Crippen LogP contribution in [0.1, 0.15) is 19.3 Å². The first kappa shape index (κ1) is 14.9. The number of para-hydroxylation sites is 1. The maximum absolute atomic E-state index is 13.5. The van der Waals surface area contributed by atoms with Gasteiger partial charge in [-0.15, -0.1) is 0 Å². The highest BCUT2D eigenvalue weighted by Gasteiger charge is 2.30. The predicted octanol–water partition coefficient (Wildman–Crippen LogP) is 1.82. The molecule has 1 fully saturated rings. The number of nitrogens with two attached hydrogens (primary N) is 1. The highest BCUT2D eigenvalue weighted by atomic mass is 19.1. The Labute approximate surface area is 119 Å². The Bertz CT molecular complexity index is 466. The van der Waals surface area contributed by atoms with Crippen molar-refractivity contribution >= 4 is 11.6 Å². The summed E-state index contributed by atoms with van der Waals surface area (Å²) in [6.07, 6.45) is 3.36. The van der Waals surface area contributed by atoms with Gasteiger partial charge in [-0.3, -0.25) is 9.69 Å². The number of hydrogen-bond acceptors (Lipinski definition) is 3. The molecule has 0 radical (unpaired) electrons. The Kier molecular flexibility index (Phi) is 5.09. The van der Waals surface area contributed by atoms with Crippen molar-refractivity contribution in [3.8, 4) is 0 Å². The lowest BCUT2D eigenvalue weighted by Gasteiger charge is -2.28. The summed E-state index contributed by atoms with van der Waals surface area (Å²) in [6.45, 7) is 0.916. The molecule has 0 bridgehead atoms. The van der Waals surface area contributed by atoms with Crippen LogP contribution in [0.4, 0.5) is 10.1 Å². The van der Waals surface area contributed by atoms with Gasteiger partial charge in [-0.2, -0.15) is 0 Å². The second-order valence-electron chi connectivity index (χ2n) is 5.44. The number of hydrogen-bond donors (Lipinski definition) is 2. The van der Waals surface area contributed by atoms with Crippen LogP contribution in [0.15, 0.2) is 24.3 Å². The Morgan fingerprint density at radius 1 is 1.45 bits per heavy atom. The van der Waals surface area contributed by atoms with Crippen molar-refractivity contribution in [3.63, 3.8) is 0 Å². The summed E-state index contributed by atoms with van der Waals surface area (Å²) in [5.74, 6) is -0.147. The fraction of sp³-hybridized carbons (Fsp3) is 0.533. The Morgan fingerprint density at radius 2 is 2.20 bits per heavy atom. The first-order valence-electron chi connectivity index (χ1n) is 7.06. The largest absolute Gasteiger partial charge is 0.330 e. The Morgan fingerprint density at radius 3 is 2.90 bits per heavy atom. The molecule has 2 rings (SSSR count). The van der Waals surface area contributed by atoms with Crippen LogP contribution in [0.25, 0.3) is 0 Å². The number of carbonyl (C=O) groups excluding carboxylic acids is 1. The third kappa shape index (κ3) is 3.55. The van der Waals surface area contributed by atoms with E-state index >= 15 is 0 Å². The summed E-state index contributed by atoms with van der Waals surface area (Å²) < 4.78 is 13.5. The summed E-state index contributed by atoms with van der Waals surface area (Å²) >= 11 is 0. The molecule has 0 spiro atoms. The first-order valence-corrected chi connectivity index (χ1v) is 7.06. The molecule has 0 aliphatic heterocycles. The van der Waals surface area contributed by atoms with Crippen LogP contribution in [-0.4, -0.2) is 37.0 Å². The van der Waals surface area contributed by atoms with Gasteiger partial charge in [0.25, 0.3) is 0 Å². The van der Waals surface area contributed by atoms with Crippen molar-refractivity contribution in [3.05, 3.63) is 30.1 Å². The second-order valence-corrected chi connectivity index (χ2v) is 5.44. The number of anilines is 1. The average molecular weight is 279 g/mol. The zero-order valence-corrected chi connectivity index (χ0v) is 11.8. The van der Waals surface area contributed by atoms with E-state index in [0.717, 1.165) is 19.3 Å². The van der Waals surface area contributed by atoms with Gasteiger partial charge in [0.15, 0.2) is 0 Å². The average Bonchev–Trinajstić information content (AvgIpc) is 2.89. The molecule has 2 unspecified atom stereocenters. The van der Waals surface area contributed by atoms with Crippen LogP contribution in [0.2, 0.25) is 0 Å². The number of rotatable bonds is 5. The van der Waals surface area contributed by atoms with Gasteiger partial charge in [-0.25, -0.2) is 4.39 Å². The first-order chi connectivity index (χ1) is 9.61. The molecule has 5 heteroatoms. The number of amides is 1. The van der Waals surface area contributed by atoms with E-state index in [1.54, 1.807) is 18.2 Å². The van der Waals surface area contributed by atoms with E-state index in [2.05, 4.69) is 5.32 Å². The summed E-state index contributed by atoms with van der Waals surface area (Å²) in [7, 11) is 1.93. The lowest BCUT2D eigenvalue weighted by atomic mass is 10.0. The number of nitrogens with zero attached hydrogens (tertiary/aromatic N) is 1. The molecule has 1 aromatic rings. The van der Waals surface area contributed by atoms with Gasteiger partial charge in [-0.1, -0.05) is 18.6 Å². The van der Waals surface area contributed by atoms with Crippen LogP contribution in [0.5, 0.6) is 0 Å². The third-order valence-corrected chi connectivity index (χ3v) is 4.03. The normalized spacial score (nSPS) is 22.2. The molecule has 1 amide bonds. The number of benzene rings is 1. The summed E-state index contributed by atoms with van der Waals surface area (Å²) in [4.78, 5) is 14.0. The topological polar surface area (TPSA) is 58.4 Å². The second kappa shape index (κ2) is 6.81. The standard InChI is InChI=1S/C15H22FN3O/c1-19(14-8-4-5-11(14)9-17)10-15(20)18-13-7-3-2-6-12(13)16/h2-3,6-7,11,14H,4-5,8-10,17H2,1H3,(H,18,20). The van der Waals surface area contributed by atoms with Crippen molar-refractivity contribution in [1.29, 1.82) is 0 Å². The molecule has 110 valence electrons. The van der Waals surface area contributed by atoms with Crippen LogP contribution < -0.4 is 11.1 Å². The highest BCUT2D eigenvalue weighted by Crippen LogP contribution is 2.28. The van der Waals surface area contributed by atoms with Crippen molar-refractivity contribution < 1.29 is 9.18 Å². The van der Waals surface area contributed by atoms with Crippen molar-refractivity contribution in [2.24, 2.45) is 11.7 Å². The molecule has 0 heterocycles. The minimum Gasteiger partial charge on any atom is -0.330 e. The molecular formula is C15H22FN3O. The van der Waals surface area contributed by atoms with E-state index in [9.17, 15) is 9.18 Å². The zero-order valence-electron chi connectivity index (χ0n) is 11.8. The van der Waals surface area contributed by atoms with E-state index in [0.29, 0.717) is 18.5 Å². The van der Waals surface area contributed by atoms with E-state index in [4.69, 9.17) is 5.73 Å². The number of halogens is 1. The molecule has 1 aliphatic carbocycles. The smallest absolute Gasteiger partial charge is 0.238 e. The fourth-order valence-corrected chi connectivity index (χ4v) is 2.97. The maximum Gasteiger partial charge on any atom is 0.238 e. The SMILES string of the molecule is CN(CC(=O)Nc1ccccc1F)C1CCCC1CN. The molecule has 0 saturated heterocycles. The van der Waals surface area contributed by atoms with E-state index in [1.165, 1.54) is 6.07 Å². The monoisotopic (exact) mass is 279 g/mol. The lowest BCUT2D eigenvalue weighted by Crippen LogP contribution is -2.41. The van der Waals surface area contributed by atoms with E-state index in [-0.39, 0.29) is 18.1 Å². The zero-order chi connectivity index (χ0) is 14.5. The van der Waals surface area contributed by atoms with Gasteiger partial charge in [-0.05, 0) is 44.5 Å². The van der Waals surface area contributed by atoms with Gasteiger partial charge in [0.05, 0.1) is 12.2 Å². The quantitative estimate of drug-likeness (QED) is 0.864. The van der Waals surface area contributed by atoms with Gasteiger partial charge in [0.1, 0.15) is 5.82 Å². The van der Waals surface area contributed by atoms with Crippen LogP contribution in [-0.2, 0) is 4.79 Å². The highest BCUT2D eigenvalue weighted by molar-refractivity contribution is 5.92. The summed E-state index contributed by atoms with van der Waals surface area (Å²) in [5, 5.41) is 2.61. The van der Waals surface area contributed by atoms with Crippen molar-refractivity contribution in [2.45, 2.75) is 25.3 Å². The van der Waals surface area contributed by atoms with Gasteiger partial charge >= 0.3 is 0 Å². The number of carbonyl (C=O) groups is 1. The molecule has 2 atom stereocenters. The molecule has 1 saturated carbocycles. The third-order valence-electron chi connectivity index (χ3n) is 4.03. The molecule has 1 aliphatic rings. The van der Waals surface area contributed by atoms with E-state index < -0.39 is 5.82 Å². The van der Waals surface area contributed by atoms with Gasteiger partial charge < -0.3 is 11.1 Å². The molecule has 3 N–H and O–H groups in total. The van der Waals surface area contributed by atoms with Gasteiger partial charge in [0, 0.05) is 6.04 Å². The Balaban J connectivity index is 1.90. The minimum atomic E-state index is -0.413. The van der Waals surface area contributed by atoms with Crippen LogP contribution >= 0.6 is 0 Å². The Hall–Kier alpha value is -1.46. The van der Waals surface area contributed by atoms with Crippen LogP contribution in [0.3, 0.4) is 0 Å². The summed E-state index contributed by atoms with van der Waals surface area (Å²) in [6, 6.07) is 6.55. The predicted molar refractivity (Wildman–Crippen MR) is 77.8 cm³/mol. The minimum absolute atomic E-state index is 0.194. The fourth-order valence-electron chi connectivity index (χ4n) is 2.97. The molecule has 20 heavy (non-hydrogen) atoms. The lowest BCUT2D eigenvalue weighted by molar-refractivity contribution is -0.117. The number of nitrogens with one attached hydrogen (secondary N) is 1. The molecule has 1 aromatic carbocycles. The molecule has 4 nitrogen and oxygen atoms in total. The summed E-state index contributed by atoms with van der Waals surface area (Å²) in [5.41, 5.74) is 5.99. The van der Waals surface area contributed by atoms with Crippen LogP contribution in [0, 0.1) is 11.7 Å². The molecular weight excluding hydrogens is 257 g/mol. The van der Waals surface area contributed by atoms with Gasteiger partial charge in [0.2, 0.25) is 5.91 Å².